The first kappa shape index (κ1) is 25.1. The second-order valence-corrected chi connectivity index (χ2v) is 5.59. The number of alkyl halides is 2. The summed E-state index contributed by atoms with van der Waals surface area (Å²) in [5.41, 5.74) is 0.446. The van der Waals surface area contributed by atoms with Crippen LogP contribution < -0.4 is 20.1 Å². The highest BCUT2D eigenvalue weighted by molar-refractivity contribution is 14.0. The van der Waals surface area contributed by atoms with Gasteiger partial charge in [-0.25, -0.2) is 4.99 Å². The van der Waals surface area contributed by atoms with Gasteiger partial charge in [0, 0.05) is 26.2 Å². The van der Waals surface area contributed by atoms with Crippen LogP contribution >= 0.6 is 24.0 Å². The van der Waals surface area contributed by atoms with E-state index < -0.39 is 6.61 Å². The minimum absolute atomic E-state index is 0. The largest absolute Gasteiger partial charge is 0.497 e. The number of halogens is 3. The van der Waals surface area contributed by atoms with Crippen molar-refractivity contribution in [3.63, 3.8) is 0 Å². The van der Waals surface area contributed by atoms with Crippen LogP contribution in [-0.2, 0) is 11.3 Å². The smallest absolute Gasteiger partial charge is 0.387 e. The van der Waals surface area contributed by atoms with Crippen LogP contribution in [0.4, 0.5) is 8.78 Å². The Morgan fingerprint density at radius 1 is 1.30 bits per heavy atom. The summed E-state index contributed by atoms with van der Waals surface area (Å²) in [4.78, 5) is 17.5. The molecule has 7 nitrogen and oxygen atoms in total. The van der Waals surface area contributed by atoms with Crippen molar-refractivity contribution in [3.05, 3.63) is 23.8 Å². The third-order valence-electron chi connectivity index (χ3n) is 3.34. The van der Waals surface area contributed by atoms with Gasteiger partial charge >= 0.3 is 6.61 Å². The highest BCUT2D eigenvalue weighted by Crippen LogP contribution is 2.26. The fourth-order valence-electron chi connectivity index (χ4n) is 1.92. The van der Waals surface area contributed by atoms with Crippen LogP contribution in [0.3, 0.4) is 0 Å². The first-order valence-corrected chi connectivity index (χ1v) is 8.21. The molecule has 154 valence electrons. The first-order valence-electron chi connectivity index (χ1n) is 8.21. The minimum atomic E-state index is -2.93. The minimum Gasteiger partial charge on any atom is -0.497 e. The van der Waals surface area contributed by atoms with Gasteiger partial charge in [-0.3, -0.25) is 4.79 Å². The lowest BCUT2D eigenvalue weighted by Crippen LogP contribution is -2.43. The van der Waals surface area contributed by atoms with Gasteiger partial charge in [0.2, 0.25) is 5.91 Å². The van der Waals surface area contributed by atoms with Crippen molar-refractivity contribution in [1.82, 2.24) is 15.5 Å². The summed E-state index contributed by atoms with van der Waals surface area (Å²) in [5, 5.41) is 5.99. The van der Waals surface area contributed by atoms with Crippen LogP contribution in [0.25, 0.3) is 0 Å². The van der Waals surface area contributed by atoms with Gasteiger partial charge in [0.1, 0.15) is 11.5 Å². The van der Waals surface area contributed by atoms with Crippen LogP contribution in [0, 0.1) is 0 Å². The van der Waals surface area contributed by atoms with Crippen molar-refractivity contribution in [2.24, 2.45) is 4.99 Å². The van der Waals surface area contributed by atoms with Crippen LogP contribution in [0.1, 0.15) is 18.9 Å². The Balaban J connectivity index is 0.00000676. The summed E-state index contributed by atoms with van der Waals surface area (Å²) < 4.78 is 34.8. The third kappa shape index (κ3) is 9.59. The van der Waals surface area contributed by atoms with E-state index >= 15 is 0 Å². The quantitative estimate of drug-likeness (QED) is 0.310. The van der Waals surface area contributed by atoms with Gasteiger partial charge in [0.15, 0.2) is 5.96 Å². The zero-order valence-electron chi connectivity index (χ0n) is 15.9. The number of amides is 1. The number of likely N-dealkylation sites (N-methyl/N-ethyl adjacent to an activating group) is 1. The molecule has 0 spiro atoms. The molecule has 0 fully saturated rings. The van der Waals surface area contributed by atoms with Gasteiger partial charge in [-0.15, -0.1) is 24.0 Å². The number of nitrogens with one attached hydrogen (secondary N) is 2. The number of hydrogen-bond acceptors (Lipinski definition) is 4. The van der Waals surface area contributed by atoms with E-state index in [0.717, 1.165) is 6.42 Å². The van der Waals surface area contributed by atoms with Crippen LogP contribution in [0.15, 0.2) is 23.2 Å². The van der Waals surface area contributed by atoms with E-state index in [-0.39, 0.29) is 48.7 Å². The molecule has 0 aliphatic carbocycles. The van der Waals surface area contributed by atoms with E-state index in [1.165, 1.54) is 24.1 Å². The molecule has 0 radical (unpaired) electrons. The van der Waals surface area contributed by atoms with E-state index in [1.807, 2.05) is 6.92 Å². The SMILES string of the molecule is CCCNC(=NCc1cc(OC)ccc1OC(F)F)NCC(=O)N(C)C.I. The van der Waals surface area contributed by atoms with E-state index in [9.17, 15) is 13.6 Å². The van der Waals surface area contributed by atoms with E-state index in [1.54, 1.807) is 20.2 Å². The Bertz CT molecular complexity index is 616. The average Bonchev–Trinajstić information content (AvgIpc) is 2.61. The third-order valence-corrected chi connectivity index (χ3v) is 3.34. The van der Waals surface area contributed by atoms with Gasteiger partial charge in [-0.2, -0.15) is 8.78 Å². The number of carbonyl (C=O) groups is 1. The van der Waals surface area contributed by atoms with Crippen molar-refractivity contribution < 1.29 is 23.0 Å². The predicted octanol–water partition coefficient (Wildman–Crippen LogP) is 2.45. The molecule has 0 saturated heterocycles. The number of ether oxygens (including phenoxy) is 2. The van der Waals surface area contributed by atoms with Gasteiger partial charge < -0.3 is 25.0 Å². The summed E-state index contributed by atoms with van der Waals surface area (Å²) in [6.07, 6.45) is 0.862. The zero-order chi connectivity index (χ0) is 19.5. The van der Waals surface area contributed by atoms with E-state index in [4.69, 9.17) is 4.74 Å². The Hall–Kier alpha value is -1.85. The standard InChI is InChI=1S/C17H26F2N4O3.HI/c1-5-8-20-17(22-11-15(24)23(2)3)21-10-12-9-13(25-4)6-7-14(12)26-16(18)19;/h6-7,9,16H,5,8,10-11H2,1-4H3,(H2,20,21,22);1H. The lowest BCUT2D eigenvalue weighted by molar-refractivity contribution is -0.127. The van der Waals surface area contributed by atoms with E-state index in [2.05, 4.69) is 20.4 Å². The molecule has 0 unspecified atom stereocenters. The molecule has 10 heteroatoms. The molecule has 1 amide bonds. The second-order valence-electron chi connectivity index (χ2n) is 5.59. The maximum Gasteiger partial charge on any atom is 0.387 e. The first-order chi connectivity index (χ1) is 12.4. The van der Waals surface area contributed by atoms with Crippen molar-refractivity contribution in [2.75, 3.05) is 34.3 Å². The molecule has 0 heterocycles. The lowest BCUT2D eigenvalue weighted by atomic mass is 10.2. The van der Waals surface area contributed by atoms with Gasteiger partial charge in [0.25, 0.3) is 0 Å². The Labute approximate surface area is 175 Å². The number of aliphatic imine (C=N–C) groups is 1. The fourth-order valence-corrected chi connectivity index (χ4v) is 1.92. The number of carbonyl (C=O) groups excluding carboxylic acids is 1. The fraction of sp³-hybridized carbons (Fsp3) is 0.529. The maximum atomic E-state index is 12.6. The molecule has 1 rings (SSSR count). The maximum absolute atomic E-state index is 12.6. The van der Waals surface area contributed by atoms with E-state index in [0.29, 0.717) is 23.8 Å². The number of hydrogen-bond donors (Lipinski definition) is 2. The second kappa shape index (κ2) is 13.3. The number of methoxy groups -OCH3 is 1. The molecule has 1 aromatic carbocycles. The van der Waals surface area contributed by atoms with Crippen molar-refractivity contribution >= 4 is 35.8 Å². The Kier molecular flexibility index (Phi) is 12.4. The number of benzene rings is 1. The molecule has 0 saturated carbocycles. The molecule has 1 aromatic rings. The number of rotatable bonds is 9. The molecule has 0 aromatic heterocycles. The summed E-state index contributed by atoms with van der Waals surface area (Å²) in [7, 11) is 4.80. The summed E-state index contributed by atoms with van der Waals surface area (Å²) in [6.45, 7) is -0.137. The van der Waals surface area contributed by atoms with Crippen LogP contribution in [-0.4, -0.2) is 57.7 Å². The van der Waals surface area contributed by atoms with Gasteiger partial charge in [-0.05, 0) is 24.6 Å². The molecule has 0 atom stereocenters. The van der Waals surface area contributed by atoms with Crippen LogP contribution in [0.5, 0.6) is 11.5 Å². The van der Waals surface area contributed by atoms with Crippen molar-refractivity contribution in [2.45, 2.75) is 26.5 Å². The van der Waals surface area contributed by atoms with Crippen molar-refractivity contribution in [3.8, 4) is 11.5 Å². The van der Waals surface area contributed by atoms with Crippen molar-refractivity contribution in [1.29, 1.82) is 0 Å². The average molecular weight is 500 g/mol. The molecule has 0 aliphatic heterocycles. The topological polar surface area (TPSA) is 75.2 Å². The molecule has 0 aliphatic rings. The lowest BCUT2D eigenvalue weighted by Gasteiger charge is -2.15. The molecule has 27 heavy (non-hydrogen) atoms. The predicted molar refractivity (Wildman–Crippen MR) is 111 cm³/mol. The summed E-state index contributed by atoms with van der Waals surface area (Å²) in [6, 6.07) is 4.54. The molecular weight excluding hydrogens is 473 g/mol. The molecule has 2 N–H and O–H groups in total. The summed E-state index contributed by atoms with van der Waals surface area (Å²) in [5.74, 6) is 0.839. The number of guanidine groups is 1. The summed E-state index contributed by atoms with van der Waals surface area (Å²) >= 11 is 0. The molecular formula is C17H27F2IN4O3. The highest BCUT2D eigenvalue weighted by atomic mass is 127. The molecule has 0 bridgehead atoms. The normalized spacial score (nSPS) is 10.9. The Morgan fingerprint density at radius 3 is 2.56 bits per heavy atom. The zero-order valence-corrected chi connectivity index (χ0v) is 18.3. The number of nitrogens with zero attached hydrogens (tertiary/aromatic N) is 2. The Morgan fingerprint density at radius 2 is 2.00 bits per heavy atom. The van der Waals surface area contributed by atoms with Gasteiger partial charge in [-0.1, -0.05) is 6.92 Å². The highest BCUT2D eigenvalue weighted by Gasteiger charge is 2.12. The van der Waals surface area contributed by atoms with Gasteiger partial charge in [0.05, 0.1) is 20.2 Å². The van der Waals surface area contributed by atoms with Crippen LogP contribution in [0.2, 0.25) is 0 Å². The monoisotopic (exact) mass is 500 g/mol.